The second-order valence-corrected chi connectivity index (χ2v) is 7.80. The number of aromatic nitrogens is 1. The van der Waals surface area contributed by atoms with Crippen LogP contribution in [0.1, 0.15) is 47.5 Å². The van der Waals surface area contributed by atoms with Crippen molar-refractivity contribution in [2.75, 3.05) is 44.2 Å². The van der Waals surface area contributed by atoms with Gasteiger partial charge in [0.1, 0.15) is 21.6 Å². The zero-order valence-electron chi connectivity index (χ0n) is 15.4. The minimum absolute atomic E-state index is 0.0467. The number of likely N-dealkylation sites (N-methyl/N-ethyl adjacent to an activating group) is 1. The van der Waals surface area contributed by atoms with Gasteiger partial charge in [0.25, 0.3) is 5.91 Å². The van der Waals surface area contributed by atoms with E-state index in [1.807, 2.05) is 18.7 Å². The molecule has 0 aliphatic carbocycles. The lowest BCUT2D eigenvalue weighted by molar-refractivity contribution is 0.0649. The van der Waals surface area contributed by atoms with Gasteiger partial charge < -0.3 is 21.3 Å². The molecule has 0 saturated carbocycles. The molecule has 0 bridgehead atoms. The molecule has 0 radical (unpaired) electrons. The van der Waals surface area contributed by atoms with Crippen LogP contribution in [-0.4, -0.2) is 53.4 Å². The van der Waals surface area contributed by atoms with E-state index in [-0.39, 0.29) is 17.6 Å². The number of thiophene rings is 1. The van der Waals surface area contributed by atoms with Crippen LogP contribution >= 0.6 is 11.3 Å². The highest BCUT2D eigenvalue weighted by Crippen LogP contribution is 2.41. The first kappa shape index (κ1) is 18.4. The number of nitrogens with two attached hydrogens (primary N) is 2. The zero-order chi connectivity index (χ0) is 19.0. The lowest BCUT2D eigenvalue weighted by Gasteiger charge is -2.33. The van der Waals surface area contributed by atoms with Gasteiger partial charge in [0.05, 0.1) is 11.3 Å². The van der Waals surface area contributed by atoms with E-state index in [1.165, 1.54) is 11.3 Å². The van der Waals surface area contributed by atoms with Crippen molar-refractivity contribution >= 4 is 39.0 Å². The maximum absolute atomic E-state index is 13.0. The average Bonchev–Trinajstić information content (AvgIpc) is 2.95. The second-order valence-electron chi connectivity index (χ2n) is 6.80. The van der Waals surface area contributed by atoms with Gasteiger partial charge in [0.15, 0.2) is 0 Å². The SMILES string of the molecule is CCN1CCN(C(=O)c2sc3nc(N)c(C#N)c(C(C)C)c3c2N)CC1. The Bertz CT molecular complexity index is 889. The van der Waals surface area contributed by atoms with Gasteiger partial charge in [-0.2, -0.15) is 5.26 Å². The second kappa shape index (κ2) is 7.09. The molecule has 1 aliphatic heterocycles. The van der Waals surface area contributed by atoms with E-state index in [0.717, 1.165) is 25.2 Å². The number of nitriles is 1. The third-order valence-corrected chi connectivity index (χ3v) is 6.02. The molecule has 0 spiro atoms. The minimum atomic E-state index is -0.0620. The van der Waals surface area contributed by atoms with Gasteiger partial charge >= 0.3 is 0 Å². The number of rotatable bonds is 3. The molecule has 1 saturated heterocycles. The number of pyridine rings is 1. The number of fused-ring (bicyclic) bond motifs is 1. The highest BCUT2D eigenvalue weighted by atomic mass is 32.1. The van der Waals surface area contributed by atoms with Crippen LogP contribution in [0.4, 0.5) is 11.5 Å². The van der Waals surface area contributed by atoms with Crippen molar-refractivity contribution < 1.29 is 4.79 Å². The van der Waals surface area contributed by atoms with Crippen LogP contribution in [0.3, 0.4) is 0 Å². The smallest absolute Gasteiger partial charge is 0.266 e. The van der Waals surface area contributed by atoms with Crippen LogP contribution in [0.2, 0.25) is 0 Å². The first-order valence-corrected chi connectivity index (χ1v) is 9.63. The summed E-state index contributed by atoms with van der Waals surface area (Å²) in [5.74, 6) is 0.180. The summed E-state index contributed by atoms with van der Waals surface area (Å²) in [6, 6.07) is 2.14. The lowest BCUT2D eigenvalue weighted by atomic mass is 9.95. The maximum atomic E-state index is 13.0. The Labute approximate surface area is 157 Å². The van der Waals surface area contributed by atoms with Crippen LogP contribution in [0, 0.1) is 11.3 Å². The zero-order valence-corrected chi connectivity index (χ0v) is 16.2. The lowest BCUT2D eigenvalue weighted by Crippen LogP contribution is -2.48. The third kappa shape index (κ3) is 2.97. The first-order valence-electron chi connectivity index (χ1n) is 8.82. The standard InChI is InChI=1S/C18H24N6OS/c1-4-23-5-7-24(8-6-23)18(25)15-14(20)13-12(10(2)3)11(9-19)16(21)22-17(13)26-15/h10H,4-8,20H2,1-3H3,(H2,21,22). The molecule has 26 heavy (non-hydrogen) atoms. The van der Waals surface area contributed by atoms with Crippen molar-refractivity contribution in [3.63, 3.8) is 0 Å². The molecule has 1 amide bonds. The molecule has 0 unspecified atom stereocenters. The summed E-state index contributed by atoms with van der Waals surface area (Å²) in [7, 11) is 0. The predicted octanol–water partition coefficient (Wildman–Crippen LogP) is 2.23. The van der Waals surface area contributed by atoms with Crippen LogP contribution in [0.15, 0.2) is 0 Å². The minimum Gasteiger partial charge on any atom is -0.397 e. The number of carbonyl (C=O) groups excluding carboxylic acids is 1. The van der Waals surface area contributed by atoms with Crippen LogP contribution in [0.5, 0.6) is 0 Å². The van der Waals surface area contributed by atoms with Gasteiger partial charge in [-0.3, -0.25) is 4.79 Å². The summed E-state index contributed by atoms with van der Waals surface area (Å²) in [6.07, 6.45) is 0. The molecule has 4 N–H and O–H groups in total. The quantitative estimate of drug-likeness (QED) is 0.854. The van der Waals surface area contributed by atoms with Crippen LogP contribution in [0.25, 0.3) is 10.2 Å². The molecule has 7 nitrogen and oxygen atoms in total. The van der Waals surface area contributed by atoms with Crippen molar-refractivity contribution in [1.82, 2.24) is 14.8 Å². The van der Waals surface area contributed by atoms with Gasteiger partial charge in [-0.25, -0.2) is 4.98 Å². The first-order chi connectivity index (χ1) is 12.4. The summed E-state index contributed by atoms with van der Waals surface area (Å²) in [4.78, 5) is 22.6. The number of carbonyl (C=O) groups is 1. The fourth-order valence-corrected chi connectivity index (χ4v) is 4.55. The van der Waals surface area contributed by atoms with Gasteiger partial charge in [-0.15, -0.1) is 11.3 Å². The summed E-state index contributed by atoms with van der Waals surface area (Å²) in [6.45, 7) is 10.2. The number of hydrogen-bond donors (Lipinski definition) is 2. The summed E-state index contributed by atoms with van der Waals surface area (Å²) in [5.41, 5.74) is 13.9. The van der Waals surface area contributed by atoms with E-state index < -0.39 is 0 Å². The molecule has 0 aromatic carbocycles. The van der Waals surface area contributed by atoms with Gasteiger partial charge in [-0.05, 0) is 18.0 Å². The number of amides is 1. The van der Waals surface area contributed by atoms with E-state index >= 15 is 0 Å². The Morgan fingerprint density at radius 3 is 2.50 bits per heavy atom. The predicted molar refractivity (Wildman–Crippen MR) is 105 cm³/mol. The van der Waals surface area contributed by atoms with Crippen molar-refractivity contribution in [2.24, 2.45) is 0 Å². The number of nitrogen functional groups attached to an aromatic ring is 2. The Morgan fingerprint density at radius 2 is 1.96 bits per heavy atom. The molecule has 1 fully saturated rings. The van der Waals surface area contributed by atoms with Gasteiger partial charge in [0.2, 0.25) is 0 Å². The molecular weight excluding hydrogens is 348 g/mol. The third-order valence-electron chi connectivity index (χ3n) is 4.93. The Morgan fingerprint density at radius 1 is 1.31 bits per heavy atom. The number of piperazine rings is 1. The van der Waals surface area contributed by atoms with E-state index in [2.05, 4.69) is 22.9 Å². The molecule has 138 valence electrons. The normalized spacial score (nSPS) is 15.6. The van der Waals surface area contributed by atoms with E-state index in [9.17, 15) is 10.1 Å². The number of hydrogen-bond acceptors (Lipinski definition) is 7. The topological polar surface area (TPSA) is 112 Å². The largest absolute Gasteiger partial charge is 0.397 e. The Balaban J connectivity index is 2.06. The van der Waals surface area contributed by atoms with Crippen molar-refractivity contribution in [2.45, 2.75) is 26.7 Å². The molecule has 8 heteroatoms. The monoisotopic (exact) mass is 372 g/mol. The van der Waals surface area contributed by atoms with Crippen molar-refractivity contribution in [3.8, 4) is 6.07 Å². The van der Waals surface area contributed by atoms with Crippen LogP contribution < -0.4 is 11.5 Å². The molecule has 2 aromatic rings. The molecule has 0 atom stereocenters. The van der Waals surface area contributed by atoms with E-state index in [0.29, 0.717) is 39.4 Å². The highest BCUT2D eigenvalue weighted by molar-refractivity contribution is 7.21. The van der Waals surface area contributed by atoms with E-state index in [1.54, 1.807) is 0 Å². The maximum Gasteiger partial charge on any atom is 0.266 e. The summed E-state index contributed by atoms with van der Waals surface area (Å²) < 4.78 is 0. The molecule has 3 heterocycles. The Kier molecular flexibility index (Phi) is 5.03. The fourth-order valence-electron chi connectivity index (χ4n) is 3.46. The van der Waals surface area contributed by atoms with Crippen molar-refractivity contribution in [1.29, 1.82) is 5.26 Å². The molecular formula is C18H24N6OS. The van der Waals surface area contributed by atoms with Crippen molar-refractivity contribution in [3.05, 3.63) is 16.0 Å². The van der Waals surface area contributed by atoms with E-state index in [4.69, 9.17) is 11.5 Å². The summed E-state index contributed by atoms with van der Waals surface area (Å²) >= 11 is 1.27. The molecule has 1 aliphatic rings. The molecule has 3 rings (SSSR count). The number of nitrogens with zero attached hydrogens (tertiary/aromatic N) is 4. The highest BCUT2D eigenvalue weighted by Gasteiger charge is 2.28. The van der Waals surface area contributed by atoms with Gasteiger partial charge in [-0.1, -0.05) is 20.8 Å². The number of anilines is 2. The van der Waals surface area contributed by atoms with Gasteiger partial charge in [0, 0.05) is 31.6 Å². The Hall–Kier alpha value is -2.37. The summed E-state index contributed by atoms with van der Waals surface area (Å²) in [5, 5.41) is 10.2. The van der Waals surface area contributed by atoms with Crippen LogP contribution in [-0.2, 0) is 0 Å². The fraction of sp³-hybridized carbons (Fsp3) is 0.500. The average molecular weight is 372 g/mol. The molecule has 2 aromatic heterocycles.